The molecule has 0 spiro atoms. The van der Waals surface area contributed by atoms with Gasteiger partial charge in [0.15, 0.2) is 0 Å². The fourth-order valence-electron chi connectivity index (χ4n) is 1.80. The van der Waals surface area contributed by atoms with Crippen LogP contribution in [-0.4, -0.2) is 21.6 Å². The molecule has 0 radical (unpaired) electrons. The minimum absolute atomic E-state index is 0.161. The van der Waals surface area contributed by atoms with Crippen LogP contribution in [0.15, 0.2) is 30.3 Å². The largest absolute Gasteiger partial charge is 0.478 e. The second kappa shape index (κ2) is 4.29. The van der Waals surface area contributed by atoms with Crippen LogP contribution in [0, 0.1) is 0 Å². The van der Waals surface area contributed by atoms with Gasteiger partial charge in [-0.15, -0.1) is 0 Å². The molecule has 0 aliphatic carbocycles. The van der Waals surface area contributed by atoms with Gasteiger partial charge in [-0.1, -0.05) is 18.2 Å². The minimum Gasteiger partial charge on any atom is -0.478 e. The average Bonchev–Trinajstić information content (AvgIpc) is 2.25. The topological polar surface area (TPSA) is 62.2 Å². The average molecular weight is 244 g/mol. The molecule has 0 amide bonds. The van der Waals surface area contributed by atoms with Crippen molar-refractivity contribution in [1.82, 2.24) is 4.98 Å². The fraction of sp³-hybridized carbons (Fsp3) is 0.286. The highest BCUT2D eigenvalue weighted by molar-refractivity contribution is 6.03. The van der Waals surface area contributed by atoms with Crippen molar-refractivity contribution in [2.75, 3.05) is 5.32 Å². The molecule has 0 aliphatic rings. The molecule has 94 valence electrons. The van der Waals surface area contributed by atoms with Crippen molar-refractivity contribution in [2.24, 2.45) is 0 Å². The number of nitrogens with one attached hydrogen (secondary N) is 1. The number of carbonyl (C=O) groups is 1. The molecule has 0 saturated carbocycles. The van der Waals surface area contributed by atoms with Gasteiger partial charge in [0.1, 0.15) is 5.82 Å². The van der Waals surface area contributed by atoms with Crippen LogP contribution in [0.2, 0.25) is 0 Å². The maximum Gasteiger partial charge on any atom is 0.336 e. The summed E-state index contributed by atoms with van der Waals surface area (Å²) in [5.41, 5.74) is 0.794. The molecule has 4 heteroatoms. The zero-order valence-electron chi connectivity index (χ0n) is 10.7. The zero-order chi connectivity index (χ0) is 13.3. The quantitative estimate of drug-likeness (QED) is 0.851. The van der Waals surface area contributed by atoms with Crippen molar-refractivity contribution in [3.8, 4) is 0 Å². The van der Waals surface area contributed by atoms with Gasteiger partial charge in [0.25, 0.3) is 0 Å². The van der Waals surface area contributed by atoms with Gasteiger partial charge >= 0.3 is 5.97 Å². The number of carboxylic acids is 1. The Morgan fingerprint density at radius 2 is 1.94 bits per heavy atom. The van der Waals surface area contributed by atoms with Crippen LogP contribution >= 0.6 is 0 Å². The first-order valence-corrected chi connectivity index (χ1v) is 5.78. The Bertz CT molecular complexity index is 600. The summed E-state index contributed by atoms with van der Waals surface area (Å²) in [6.07, 6.45) is 0. The lowest BCUT2D eigenvalue weighted by atomic mass is 10.1. The van der Waals surface area contributed by atoms with E-state index < -0.39 is 5.97 Å². The Labute approximate surface area is 106 Å². The standard InChI is InChI=1S/C14H16N2O2/c1-14(2,3)16-12-8-10(13(17)18)9-6-4-5-7-11(9)15-12/h4-8H,1-3H3,(H,15,16)(H,17,18). The van der Waals surface area contributed by atoms with E-state index in [1.165, 1.54) is 0 Å². The number of nitrogens with zero attached hydrogens (tertiary/aromatic N) is 1. The van der Waals surface area contributed by atoms with Gasteiger partial charge in [-0.2, -0.15) is 0 Å². The fourth-order valence-corrected chi connectivity index (χ4v) is 1.80. The maximum atomic E-state index is 11.3. The number of hydrogen-bond acceptors (Lipinski definition) is 3. The lowest BCUT2D eigenvalue weighted by molar-refractivity contribution is 0.0699. The van der Waals surface area contributed by atoms with Gasteiger partial charge in [0.2, 0.25) is 0 Å². The van der Waals surface area contributed by atoms with E-state index in [2.05, 4.69) is 10.3 Å². The van der Waals surface area contributed by atoms with E-state index in [1.807, 2.05) is 39.0 Å². The molecule has 18 heavy (non-hydrogen) atoms. The molecule has 2 rings (SSSR count). The van der Waals surface area contributed by atoms with Gasteiger partial charge < -0.3 is 10.4 Å². The lowest BCUT2D eigenvalue weighted by Gasteiger charge is -2.21. The van der Waals surface area contributed by atoms with Gasteiger partial charge in [-0.3, -0.25) is 0 Å². The Morgan fingerprint density at radius 3 is 2.56 bits per heavy atom. The first-order chi connectivity index (χ1) is 8.37. The third-order valence-corrected chi connectivity index (χ3v) is 2.45. The third kappa shape index (κ3) is 2.59. The van der Waals surface area contributed by atoms with E-state index >= 15 is 0 Å². The minimum atomic E-state index is -0.939. The monoisotopic (exact) mass is 244 g/mol. The number of anilines is 1. The number of carboxylic acid groups (broad SMARTS) is 1. The molecule has 2 aromatic rings. The van der Waals surface area contributed by atoms with Crippen LogP contribution in [0.4, 0.5) is 5.82 Å². The number of pyridine rings is 1. The summed E-state index contributed by atoms with van der Waals surface area (Å²) < 4.78 is 0. The number of para-hydroxylation sites is 1. The molecule has 1 aromatic heterocycles. The summed E-state index contributed by atoms with van der Waals surface area (Å²) in [5.74, 6) is -0.357. The van der Waals surface area contributed by atoms with Crippen molar-refractivity contribution < 1.29 is 9.90 Å². The van der Waals surface area contributed by atoms with Crippen molar-refractivity contribution in [3.05, 3.63) is 35.9 Å². The van der Waals surface area contributed by atoms with E-state index in [1.54, 1.807) is 12.1 Å². The number of fused-ring (bicyclic) bond motifs is 1. The first-order valence-electron chi connectivity index (χ1n) is 5.78. The zero-order valence-corrected chi connectivity index (χ0v) is 10.7. The predicted octanol–water partition coefficient (Wildman–Crippen LogP) is 3.14. The Hall–Kier alpha value is -2.10. The van der Waals surface area contributed by atoms with Crippen molar-refractivity contribution in [1.29, 1.82) is 0 Å². The number of aromatic nitrogens is 1. The normalized spacial score (nSPS) is 11.5. The molecule has 1 heterocycles. The highest BCUT2D eigenvalue weighted by Gasteiger charge is 2.15. The SMILES string of the molecule is CC(C)(C)Nc1cc(C(=O)O)c2ccccc2n1. The van der Waals surface area contributed by atoms with E-state index in [0.29, 0.717) is 16.7 Å². The number of hydrogen-bond donors (Lipinski definition) is 2. The molecule has 4 nitrogen and oxygen atoms in total. The van der Waals surface area contributed by atoms with Crippen molar-refractivity contribution in [2.45, 2.75) is 26.3 Å². The van der Waals surface area contributed by atoms with Crippen molar-refractivity contribution >= 4 is 22.7 Å². The molecule has 0 saturated heterocycles. The third-order valence-electron chi connectivity index (χ3n) is 2.45. The highest BCUT2D eigenvalue weighted by Crippen LogP contribution is 2.22. The number of rotatable bonds is 2. The van der Waals surface area contributed by atoms with E-state index in [9.17, 15) is 9.90 Å². The molecule has 0 fully saturated rings. The molecular formula is C14H16N2O2. The second-order valence-corrected chi connectivity index (χ2v) is 5.25. The van der Waals surface area contributed by atoms with Crippen LogP contribution in [0.5, 0.6) is 0 Å². The Kier molecular flexibility index (Phi) is 2.95. The first kappa shape index (κ1) is 12.4. The van der Waals surface area contributed by atoms with E-state index in [4.69, 9.17) is 0 Å². The predicted molar refractivity (Wildman–Crippen MR) is 72.1 cm³/mol. The second-order valence-electron chi connectivity index (χ2n) is 5.25. The van der Waals surface area contributed by atoms with Crippen LogP contribution < -0.4 is 5.32 Å². The summed E-state index contributed by atoms with van der Waals surface area (Å²) in [5, 5.41) is 13.1. The van der Waals surface area contributed by atoms with Gasteiger partial charge in [0.05, 0.1) is 11.1 Å². The van der Waals surface area contributed by atoms with Crippen molar-refractivity contribution in [3.63, 3.8) is 0 Å². The highest BCUT2D eigenvalue weighted by atomic mass is 16.4. The lowest BCUT2D eigenvalue weighted by Crippen LogP contribution is -2.26. The summed E-state index contributed by atoms with van der Waals surface area (Å²) in [6, 6.07) is 8.83. The molecule has 0 unspecified atom stereocenters. The van der Waals surface area contributed by atoms with Gasteiger partial charge in [0, 0.05) is 10.9 Å². The van der Waals surface area contributed by atoms with Crippen LogP contribution in [0.25, 0.3) is 10.9 Å². The molecule has 1 aromatic carbocycles. The maximum absolute atomic E-state index is 11.3. The van der Waals surface area contributed by atoms with E-state index in [-0.39, 0.29) is 11.1 Å². The Morgan fingerprint density at radius 1 is 1.28 bits per heavy atom. The van der Waals surface area contributed by atoms with Crippen LogP contribution in [-0.2, 0) is 0 Å². The summed E-state index contributed by atoms with van der Waals surface area (Å²) >= 11 is 0. The molecule has 2 N–H and O–H groups in total. The number of benzene rings is 1. The molecular weight excluding hydrogens is 228 g/mol. The smallest absolute Gasteiger partial charge is 0.336 e. The summed E-state index contributed by atoms with van der Waals surface area (Å²) in [6.45, 7) is 6.01. The van der Waals surface area contributed by atoms with Crippen LogP contribution in [0.1, 0.15) is 31.1 Å². The summed E-state index contributed by atoms with van der Waals surface area (Å²) in [4.78, 5) is 15.7. The number of aromatic carboxylic acids is 1. The van der Waals surface area contributed by atoms with E-state index in [0.717, 1.165) is 0 Å². The molecule has 0 bridgehead atoms. The molecule has 0 atom stereocenters. The Balaban J connectivity index is 2.61. The van der Waals surface area contributed by atoms with Gasteiger partial charge in [-0.05, 0) is 32.9 Å². The van der Waals surface area contributed by atoms with Gasteiger partial charge in [-0.25, -0.2) is 9.78 Å². The molecule has 0 aliphatic heterocycles. The van der Waals surface area contributed by atoms with Crippen LogP contribution in [0.3, 0.4) is 0 Å². The summed E-state index contributed by atoms with van der Waals surface area (Å²) in [7, 11) is 0.